The molecule has 0 saturated carbocycles. The third-order valence-electron chi connectivity index (χ3n) is 12.0. The molecule has 24 heteroatoms. The maximum absolute atomic E-state index is 13.5. The Balaban J connectivity index is 1.27. The average molecular weight is 1030 g/mol. The molecule has 0 fully saturated rings. The van der Waals surface area contributed by atoms with Gasteiger partial charge < -0.3 is 52.5 Å². The van der Waals surface area contributed by atoms with Crippen LogP contribution in [0.25, 0.3) is 89.7 Å². The number of nitrogens with one attached hydrogen (secondary N) is 10. The number of fused-ring (bicyclic) bond motifs is 20. The van der Waals surface area contributed by atoms with Crippen molar-refractivity contribution in [3.63, 3.8) is 0 Å². The molecule has 24 nitrogen and oxygen atoms in total. The number of carbonyl (C=O) groups excluding carboxylic acids is 8. The topological polar surface area (TPSA) is 342 Å². The lowest BCUT2D eigenvalue weighted by atomic mass is 10.0. The van der Waals surface area contributed by atoms with Gasteiger partial charge in [-0.15, -0.1) is 0 Å². The maximum atomic E-state index is 13.5. The van der Waals surface area contributed by atoms with Crippen LogP contribution in [0.15, 0.2) is 72.8 Å². The monoisotopic (exact) mass is 1030 g/mol. The van der Waals surface area contributed by atoms with Gasteiger partial charge in [0.2, 0.25) is 23.6 Å². The molecular weight excluding hydrogens is 977 g/mol. The van der Waals surface area contributed by atoms with Gasteiger partial charge in [0.25, 0.3) is 23.6 Å². The number of benzene rings is 4. The van der Waals surface area contributed by atoms with E-state index in [1.165, 1.54) is 27.7 Å². The van der Waals surface area contributed by atoms with E-state index >= 15 is 0 Å². The molecule has 0 saturated heterocycles. The standard InChI is InChI=1S/C52H50N16O8/c1-25(69)53-13-17-57-49(73)29-5-9-33-37(21-29)45-61-41(33)66-46-39-23-31(51(75)59-19-15-55-27(3)71)7-11-35(39)43(63-46)68-48-40-24-32(52(76)60-20-16-56-28(4)72)8-12-36(40)44(64-48)67-47-38-22-30(6-10-34(38)42(62-47)65-45)50(74)58-18-14-54-26(2)70/h5-12,21-24H,13-20H2,1-4H3,(H,53,69)(H,54,70)(H,55,71)(H,56,72)(H,57,73)(H,58,74)(H,59,75)(H,60,76)(H2,61,62,63,64,65,66,67,68). The number of H-pyrrole nitrogens is 2. The number of carbonyl (C=O) groups is 8. The van der Waals surface area contributed by atoms with E-state index in [2.05, 4.69) is 52.5 Å². The molecule has 0 radical (unpaired) electrons. The molecule has 4 aromatic carbocycles. The molecule has 8 bridgehead atoms. The Morgan fingerprint density at radius 1 is 0.316 bits per heavy atom. The van der Waals surface area contributed by atoms with Gasteiger partial charge in [0.15, 0.2) is 23.3 Å². The summed E-state index contributed by atoms with van der Waals surface area (Å²) < 4.78 is 0. The summed E-state index contributed by atoms with van der Waals surface area (Å²) in [4.78, 5) is 137. The van der Waals surface area contributed by atoms with Gasteiger partial charge in [-0.05, 0) is 72.8 Å². The first kappa shape index (κ1) is 50.9. The van der Waals surface area contributed by atoms with E-state index in [1.54, 1.807) is 72.8 Å². The van der Waals surface area contributed by atoms with E-state index in [0.717, 1.165) is 0 Å². The van der Waals surface area contributed by atoms with Crippen LogP contribution in [0.1, 0.15) is 69.1 Å². The van der Waals surface area contributed by atoms with Gasteiger partial charge in [-0.1, -0.05) is 0 Å². The lowest BCUT2D eigenvalue weighted by molar-refractivity contribution is -0.119. The summed E-state index contributed by atoms with van der Waals surface area (Å²) in [6.07, 6.45) is 0. The largest absolute Gasteiger partial charge is 0.355 e. The summed E-state index contributed by atoms with van der Waals surface area (Å²) in [6, 6.07) is 19.9. The molecule has 5 heterocycles. The molecule has 0 spiro atoms. The molecule has 9 rings (SSSR count). The van der Waals surface area contributed by atoms with Crippen LogP contribution in [0, 0.1) is 0 Å². The summed E-state index contributed by atoms with van der Waals surface area (Å²) in [5.74, 6) is -1.92. The molecule has 10 N–H and O–H groups in total. The highest BCUT2D eigenvalue weighted by molar-refractivity contribution is 6.10. The second-order valence-electron chi connectivity index (χ2n) is 17.6. The first-order chi connectivity index (χ1) is 36.6. The number of aromatic amines is 2. The van der Waals surface area contributed by atoms with Crippen LogP contribution >= 0.6 is 0 Å². The number of aromatic nitrogens is 8. The van der Waals surface area contributed by atoms with Crippen LogP contribution in [0.3, 0.4) is 0 Å². The lowest BCUT2D eigenvalue weighted by Gasteiger charge is -2.07. The Morgan fingerprint density at radius 2 is 0.579 bits per heavy atom. The molecule has 2 aliphatic heterocycles. The second kappa shape index (κ2) is 22.0. The predicted octanol–water partition coefficient (Wildman–Crippen LogP) is 2.33. The summed E-state index contributed by atoms with van der Waals surface area (Å²) in [7, 11) is 0. The minimum atomic E-state index is -0.418. The van der Waals surface area contributed by atoms with Crippen LogP contribution in [0.4, 0.5) is 0 Å². The Labute approximate surface area is 431 Å². The molecule has 76 heavy (non-hydrogen) atoms. The fourth-order valence-corrected chi connectivity index (χ4v) is 8.43. The quantitative estimate of drug-likeness (QED) is 0.0622. The van der Waals surface area contributed by atoms with Gasteiger partial charge in [0.1, 0.15) is 22.6 Å². The molecule has 0 aliphatic carbocycles. The van der Waals surface area contributed by atoms with E-state index in [0.29, 0.717) is 43.8 Å². The number of rotatable bonds is 16. The zero-order chi connectivity index (χ0) is 53.6. The highest BCUT2D eigenvalue weighted by atomic mass is 16.2. The van der Waals surface area contributed by atoms with Crippen molar-refractivity contribution in [1.82, 2.24) is 82.4 Å². The minimum absolute atomic E-state index is 0.158. The van der Waals surface area contributed by atoms with E-state index < -0.39 is 23.6 Å². The third-order valence-corrected chi connectivity index (χ3v) is 12.0. The fourth-order valence-electron chi connectivity index (χ4n) is 8.43. The molecule has 0 atom stereocenters. The number of nitrogens with zero attached hydrogens (tertiary/aromatic N) is 6. The summed E-state index contributed by atoms with van der Waals surface area (Å²) in [5, 5.41) is 23.9. The zero-order valence-electron chi connectivity index (χ0n) is 41.5. The Hall–Kier alpha value is -10.0. The molecule has 0 unspecified atom stereocenters. The van der Waals surface area contributed by atoms with Crippen LogP contribution in [0.5, 0.6) is 0 Å². The van der Waals surface area contributed by atoms with Crippen LogP contribution in [-0.4, -0.2) is 139 Å². The molecular formula is C52H50N16O8. The first-order valence-corrected chi connectivity index (χ1v) is 24.1. The Morgan fingerprint density at radius 3 is 0.895 bits per heavy atom. The van der Waals surface area contributed by atoms with Crippen molar-refractivity contribution in [2.24, 2.45) is 0 Å². The van der Waals surface area contributed by atoms with Crippen molar-refractivity contribution in [3.8, 4) is 45.6 Å². The fraction of sp³-hybridized carbons (Fsp3) is 0.231. The predicted molar refractivity (Wildman–Crippen MR) is 280 cm³/mol. The van der Waals surface area contributed by atoms with Gasteiger partial charge in [0, 0.05) is 146 Å². The van der Waals surface area contributed by atoms with Crippen LogP contribution in [0.2, 0.25) is 0 Å². The van der Waals surface area contributed by atoms with E-state index in [1.807, 2.05) is 0 Å². The third kappa shape index (κ3) is 11.3. The minimum Gasteiger partial charge on any atom is -0.355 e. The second-order valence-corrected chi connectivity index (χ2v) is 17.6. The van der Waals surface area contributed by atoms with Gasteiger partial charge in [0.05, 0.1) is 0 Å². The van der Waals surface area contributed by atoms with E-state index in [-0.39, 0.29) is 144 Å². The maximum Gasteiger partial charge on any atom is 0.251 e. The Kier molecular flexibility index (Phi) is 14.7. The zero-order valence-corrected chi connectivity index (χ0v) is 41.5. The van der Waals surface area contributed by atoms with Gasteiger partial charge >= 0.3 is 0 Å². The molecule has 3 aromatic heterocycles. The number of hydrogen-bond acceptors (Lipinski definition) is 14. The van der Waals surface area contributed by atoms with E-state index in [4.69, 9.17) is 29.9 Å². The van der Waals surface area contributed by atoms with Gasteiger partial charge in [-0.3, -0.25) is 38.4 Å². The van der Waals surface area contributed by atoms with Crippen LogP contribution < -0.4 is 42.5 Å². The average Bonchev–Trinajstić information content (AvgIpc) is 4.18. The first-order valence-electron chi connectivity index (χ1n) is 24.1. The Bertz CT molecular complexity index is 3510. The summed E-state index contributed by atoms with van der Waals surface area (Å²) in [5.41, 5.74) is 4.02. The number of hydrogen-bond donors (Lipinski definition) is 10. The lowest BCUT2D eigenvalue weighted by Crippen LogP contribution is -2.33. The van der Waals surface area contributed by atoms with Crippen molar-refractivity contribution in [1.29, 1.82) is 0 Å². The SMILES string of the molecule is CC(=O)NCCNC(=O)c1ccc2c(c1)-c1nc-2nc2[nH]c(nc3nc(nc4[nH]c(n1)c1ccc(C(=O)NCCNC(C)=O)cc41)-c1ccc(C(=O)NCCNC(C)=O)cc1-3)c1ccc(C(=O)NCCNC(C)=O)cc21. The van der Waals surface area contributed by atoms with Crippen molar-refractivity contribution in [3.05, 3.63) is 95.1 Å². The van der Waals surface area contributed by atoms with E-state index in [9.17, 15) is 38.4 Å². The van der Waals surface area contributed by atoms with Crippen molar-refractivity contribution < 1.29 is 38.4 Å². The smallest absolute Gasteiger partial charge is 0.251 e. The van der Waals surface area contributed by atoms with Gasteiger partial charge in [-0.2, -0.15) is 0 Å². The van der Waals surface area contributed by atoms with Crippen LogP contribution in [-0.2, 0) is 19.2 Å². The summed E-state index contributed by atoms with van der Waals surface area (Å²) >= 11 is 0. The van der Waals surface area contributed by atoms with Crippen molar-refractivity contribution in [2.75, 3.05) is 52.4 Å². The highest BCUT2D eigenvalue weighted by Crippen LogP contribution is 2.38. The normalized spacial score (nSPS) is 11.2. The molecule has 8 amide bonds. The molecule has 2 aliphatic rings. The molecule has 386 valence electrons. The van der Waals surface area contributed by atoms with Gasteiger partial charge in [-0.25, -0.2) is 29.9 Å². The van der Waals surface area contributed by atoms with Crippen molar-refractivity contribution >= 4 is 91.4 Å². The van der Waals surface area contributed by atoms with Crippen molar-refractivity contribution in [2.45, 2.75) is 27.7 Å². The highest BCUT2D eigenvalue weighted by Gasteiger charge is 2.25. The summed E-state index contributed by atoms with van der Waals surface area (Å²) in [6.45, 7) is 7.07. The number of amides is 8. The molecule has 7 aromatic rings.